The maximum atomic E-state index is 4.55. The van der Waals surface area contributed by atoms with Crippen molar-refractivity contribution in [1.29, 1.82) is 0 Å². The van der Waals surface area contributed by atoms with E-state index in [1.54, 1.807) is 10.9 Å². The fourth-order valence-corrected chi connectivity index (χ4v) is 1.95. The quantitative estimate of drug-likeness (QED) is 0.448. The lowest BCUT2D eigenvalue weighted by Crippen LogP contribution is -2.38. The number of hydrogen-bond donors (Lipinski definition) is 2. The Morgan fingerprint density at radius 1 is 1.33 bits per heavy atom. The molecule has 0 aliphatic rings. The molecule has 2 heterocycles. The third-order valence-corrected chi connectivity index (χ3v) is 2.94. The highest BCUT2D eigenvalue weighted by Crippen LogP contribution is 1.98. The SMILES string of the molecule is CCNC(=NCc1cnn(C)c1)NCCCn1cccn1. The van der Waals surface area contributed by atoms with Crippen molar-refractivity contribution in [2.45, 2.75) is 26.4 Å². The molecule has 0 saturated heterocycles. The molecule has 0 bridgehead atoms. The van der Waals surface area contributed by atoms with E-state index in [2.05, 4.69) is 32.7 Å². The summed E-state index contributed by atoms with van der Waals surface area (Å²) in [6, 6.07) is 1.94. The second kappa shape index (κ2) is 8.08. The number of nitrogens with zero attached hydrogens (tertiary/aromatic N) is 5. The van der Waals surface area contributed by atoms with Gasteiger partial charge in [0.05, 0.1) is 12.7 Å². The monoisotopic (exact) mass is 289 g/mol. The second-order valence-electron chi connectivity index (χ2n) is 4.77. The Hall–Kier alpha value is -2.31. The molecule has 21 heavy (non-hydrogen) atoms. The molecule has 114 valence electrons. The first-order valence-corrected chi connectivity index (χ1v) is 7.25. The maximum Gasteiger partial charge on any atom is 0.191 e. The molecule has 0 unspecified atom stereocenters. The Balaban J connectivity index is 1.75. The van der Waals surface area contributed by atoms with E-state index in [0.29, 0.717) is 6.54 Å². The van der Waals surface area contributed by atoms with Crippen molar-refractivity contribution < 1.29 is 0 Å². The van der Waals surface area contributed by atoms with Crippen molar-refractivity contribution in [1.82, 2.24) is 30.2 Å². The zero-order valence-electron chi connectivity index (χ0n) is 12.7. The zero-order valence-corrected chi connectivity index (χ0v) is 12.7. The van der Waals surface area contributed by atoms with E-state index < -0.39 is 0 Å². The van der Waals surface area contributed by atoms with Gasteiger partial charge >= 0.3 is 0 Å². The summed E-state index contributed by atoms with van der Waals surface area (Å²) >= 11 is 0. The van der Waals surface area contributed by atoms with E-state index in [1.165, 1.54) is 0 Å². The fraction of sp³-hybridized carbons (Fsp3) is 0.500. The van der Waals surface area contributed by atoms with Gasteiger partial charge in [0.2, 0.25) is 0 Å². The van der Waals surface area contributed by atoms with Gasteiger partial charge in [-0.05, 0) is 19.4 Å². The Morgan fingerprint density at radius 2 is 2.24 bits per heavy atom. The molecule has 2 N–H and O–H groups in total. The smallest absolute Gasteiger partial charge is 0.191 e. The first-order valence-electron chi connectivity index (χ1n) is 7.25. The number of rotatable bonds is 7. The summed E-state index contributed by atoms with van der Waals surface area (Å²) in [5, 5.41) is 14.9. The Bertz CT molecular complexity index is 541. The summed E-state index contributed by atoms with van der Waals surface area (Å²) in [7, 11) is 1.91. The van der Waals surface area contributed by atoms with Crippen LogP contribution < -0.4 is 10.6 Å². The van der Waals surface area contributed by atoms with Gasteiger partial charge < -0.3 is 10.6 Å². The van der Waals surface area contributed by atoms with Crippen LogP contribution in [0.3, 0.4) is 0 Å². The summed E-state index contributed by atoms with van der Waals surface area (Å²) in [5.74, 6) is 0.835. The molecule has 0 spiro atoms. The standard InChI is InChI=1S/C14H23N7/c1-3-15-14(17-10-13-11-19-20(2)12-13)16-6-4-8-21-9-5-7-18-21/h5,7,9,11-12H,3-4,6,8,10H2,1-2H3,(H2,15,16,17). The number of hydrogen-bond acceptors (Lipinski definition) is 3. The molecule has 2 aromatic heterocycles. The Morgan fingerprint density at radius 3 is 2.90 bits per heavy atom. The first kappa shape index (κ1) is 15.1. The minimum absolute atomic E-state index is 0.627. The molecule has 7 heteroatoms. The van der Waals surface area contributed by atoms with E-state index in [-0.39, 0.29) is 0 Å². The Kier molecular flexibility index (Phi) is 5.81. The van der Waals surface area contributed by atoms with Crippen LogP contribution >= 0.6 is 0 Å². The van der Waals surface area contributed by atoms with E-state index in [1.807, 2.05) is 36.4 Å². The van der Waals surface area contributed by atoms with Crippen molar-refractivity contribution in [2.75, 3.05) is 13.1 Å². The van der Waals surface area contributed by atoms with Gasteiger partial charge in [0.1, 0.15) is 0 Å². The van der Waals surface area contributed by atoms with Crippen LogP contribution in [0.25, 0.3) is 0 Å². The molecular formula is C14H23N7. The lowest BCUT2D eigenvalue weighted by Gasteiger charge is -2.11. The third-order valence-electron chi connectivity index (χ3n) is 2.94. The van der Waals surface area contributed by atoms with Gasteiger partial charge in [-0.25, -0.2) is 4.99 Å². The Labute approximate surface area is 125 Å². The van der Waals surface area contributed by atoms with Crippen LogP contribution in [0.4, 0.5) is 0 Å². The predicted octanol–water partition coefficient (Wildman–Crippen LogP) is 0.762. The van der Waals surface area contributed by atoms with Gasteiger partial charge in [0.15, 0.2) is 5.96 Å². The molecule has 0 aliphatic carbocycles. The number of aromatic nitrogens is 4. The first-order chi connectivity index (χ1) is 10.3. The van der Waals surface area contributed by atoms with Crippen molar-refractivity contribution in [2.24, 2.45) is 12.0 Å². The van der Waals surface area contributed by atoms with Gasteiger partial charge in [0, 0.05) is 50.8 Å². The summed E-state index contributed by atoms with van der Waals surface area (Å²) in [6.45, 7) is 5.30. The zero-order chi connectivity index (χ0) is 14.9. The normalized spacial score (nSPS) is 11.6. The third kappa shape index (κ3) is 5.29. The molecule has 0 aliphatic heterocycles. The van der Waals surface area contributed by atoms with Gasteiger partial charge in [0.25, 0.3) is 0 Å². The molecule has 2 rings (SSSR count). The predicted molar refractivity (Wildman–Crippen MR) is 82.9 cm³/mol. The average molecular weight is 289 g/mol. The highest BCUT2D eigenvalue weighted by atomic mass is 15.3. The minimum Gasteiger partial charge on any atom is -0.357 e. The molecule has 2 aromatic rings. The van der Waals surface area contributed by atoms with Crippen molar-refractivity contribution in [3.63, 3.8) is 0 Å². The molecule has 0 fully saturated rings. The van der Waals surface area contributed by atoms with Gasteiger partial charge in [-0.2, -0.15) is 10.2 Å². The maximum absolute atomic E-state index is 4.55. The van der Waals surface area contributed by atoms with Gasteiger partial charge in [-0.15, -0.1) is 0 Å². The van der Waals surface area contributed by atoms with Crippen LogP contribution in [-0.2, 0) is 20.1 Å². The van der Waals surface area contributed by atoms with Gasteiger partial charge in [-0.3, -0.25) is 9.36 Å². The van der Waals surface area contributed by atoms with Crippen molar-refractivity contribution in [3.8, 4) is 0 Å². The highest BCUT2D eigenvalue weighted by molar-refractivity contribution is 5.79. The molecular weight excluding hydrogens is 266 g/mol. The van der Waals surface area contributed by atoms with Crippen LogP contribution in [-0.4, -0.2) is 38.6 Å². The van der Waals surface area contributed by atoms with E-state index in [4.69, 9.17) is 0 Å². The molecule has 0 atom stereocenters. The van der Waals surface area contributed by atoms with Crippen LogP contribution in [0.15, 0.2) is 35.8 Å². The average Bonchev–Trinajstić information content (AvgIpc) is 3.12. The summed E-state index contributed by atoms with van der Waals surface area (Å²) < 4.78 is 3.72. The van der Waals surface area contributed by atoms with Crippen molar-refractivity contribution >= 4 is 5.96 Å². The van der Waals surface area contributed by atoms with Crippen LogP contribution in [0.5, 0.6) is 0 Å². The molecule has 7 nitrogen and oxygen atoms in total. The van der Waals surface area contributed by atoms with Gasteiger partial charge in [-0.1, -0.05) is 0 Å². The topological polar surface area (TPSA) is 72.1 Å². The summed E-state index contributed by atoms with van der Waals surface area (Å²) in [5.41, 5.74) is 1.10. The molecule has 0 amide bonds. The second-order valence-corrected chi connectivity index (χ2v) is 4.77. The summed E-state index contributed by atoms with van der Waals surface area (Å²) in [6.07, 6.45) is 8.59. The molecule has 0 radical (unpaired) electrons. The van der Waals surface area contributed by atoms with Crippen LogP contribution in [0.1, 0.15) is 18.9 Å². The highest BCUT2D eigenvalue weighted by Gasteiger charge is 1.99. The number of aliphatic imine (C=N–C) groups is 1. The minimum atomic E-state index is 0.627. The van der Waals surface area contributed by atoms with E-state index >= 15 is 0 Å². The lowest BCUT2D eigenvalue weighted by molar-refractivity contribution is 0.570. The van der Waals surface area contributed by atoms with Crippen molar-refractivity contribution in [3.05, 3.63) is 36.4 Å². The molecule has 0 saturated carbocycles. The molecule has 0 aromatic carbocycles. The van der Waals surface area contributed by atoms with Crippen LogP contribution in [0.2, 0.25) is 0 Å². The lowest BCUT2D eigenvalue weighted by atomic mass is 10.4. The van der Waals surface area contributed by atoms with Crippen LogP contribution in [0, 0.1) is 0 Å². The largest absolute Gasteiger partial charge is 0.357 e. The number of aryl methyl sites for hydroxylation is 2. The number of guanidine groups is 1. The fourth-order valence-electron chi connectivity index (χ4n) is 1.95. The number of nitrogens with one attached hydrogen (secondary N) is 2. The van der Waals surface area contributed by atoms with E-state index in [0.717, 1.165) is 37.6 Å². The summed E-state index contributed by atoms with van der Waals surface area (Å²) in [4.78, 5) is 4.55. The van der Waals surface area contributed by atoms with E-state index in [9.17, 15) is 0 Å².